The Morgan fingerprint density at radius 1 is 1.09 bits per heavy atom. The lowest BCUT2D eigenvalue weighted by atomic mass is 10.0. The zero-order valence-electron chi connectivity index (χ0n) is 18.5. The number of nitrogens with one attached hydrogen (secondary N) is 1. The SMILES string of the molecule is C=CC(=O)Nc1ccc2ncc(C(=O)C(CSC(=S)N(C)C)CSC(=S)N(C)C)cc2c1. The predicted octanol–water partition coefficient (Wildman–Crippen LogP) is 4.32. The molecule has 0 saturated carbocycles. The first-order valence-corrected chi connectivity index (χ1v) is 12.5. The minimum Gasteiger partial charge on any atom is -0.364 e. The van der Waals surface area contributed by atoms with Crippen molar-refractivity contribution in [1.29, 1.82) is 0 Å². The van der Waals surface area contributed by atoms with Crippen molar-refractivity contribution in [2.75, 3.05) is 45.0 Å². The molecule has 1 amide bonds. The molecule has 1 heterocycles. The number of anilines is 1. The predicted molar refractivity (Wildman–Crippen MR) is 146 cm³/mol. The van der Waals surface area contributed by atoms with Gasteiger partial charge in [-0.3, -0.25) is 14.6 Å². The molecule has 0 aliphatic heterocycles. The molecular weight excluding hydrogens is 481 g/mol. The number of pyridine rings is 1. The third-order valence-electron chi connectivity index (χ3n) is 4.34. The van der Waals surface area contributed by atoms with Crippen LogP contribution in [0.25, 0.3) is 10.9 Å². The second-order valence-electron chi connectivity index (χ2n) is 7.33. The maximum atomic E-state index is 13.4. The van der Waals surface area contributed by atoms with Crippen molar-refractivity contribution in [1.82, 2.24) is 14.8 Å². The maximum Gasteiger partial charge on any atom is 0.247 e. The van der Waals surface area contributed by atoms with Gasteiger partial charge < -0.3 is 15.1 Å². The van der Waals surface area contributed by atoms with Crippen LogP contribution in [0.15, 0.2) is 43.1 Å². The third kappa shape index (κ3) is 7.54. The lowest BCUT2D eigenvalue weighted by molar-refractivity contribution is -0.111. The van der Waals surface area contributed by atoms with E-state index in [0.29, 0.717) is 22.8 Å². The van der Waals surface area contributed by atoms with E-state index in [-0.39, 0.29) is 17.6 Å². The zero-order valence-corrected chi connectivity index (χ0v) is 21.7. The van der Waals surface area contributed by atoms with E-state index in [1.165, 1.54) is 29.6 Å². The molecule has 1 aromatic heterocycles. The summed E-state index contributed by atoms with van der Waals surface area (Å²) in [6.07, 6.45) is 2.81. The number of amides is 1. The van der Waals surface area contributed by atoms with Crippen LogP contribution in [-0.2, 0) is 4.79 Å². The van der Waals surface area contributed by atoms with E-state index in [0.717, 1.165) is 19.5 Å². The quantitative estimate of drug-likeness (QED) is 0.320. The Hall–Kier alpha value is -2.01. The largest absolute Gasteiger partial charge is 0.364 e. The number of ketones is 1. The number of nitrogens with zero attached hydrogens (tertiary/aromatic N) is 3. The number of rotatable bonds is 8. The molecule has 0 radical (unpaired) electrons. The van der Waals surface area contributed by atoms with E-state index in [4.69, 9.17) is 24.4 Å². The van der Waals surface area contributed by atoms with Crippen LogP contribution < -0.4 is 5.32 Å². The summed E-state index contributed by atoms with van der Waals surface area (Å²) in [7, 11) is 7.55. The summed E-state index contributed by atoms with van der Waals surface area (Å²) in [4.78, 5) is 33.1. The van der Waals surface area contributed by atoms with Crippen molar-refractivity contribution in [2.45, 2.75) is 0 Å². The van der Waals surface area contributed by atoms with E-state index in [9.17, 15) is 9.59 Å². The normalized spacial score (nSPS) is 10.7. The number of thioether (sulfide) groups is 2. The van der Waals surface area contributed by atoms with Gasteiger partial charge in [-0.15, -0.1) is 0 Å². The molecule has 1 N–H and O–H groups in total. The van der Waals surface area contributed by atoms with Crippen LogP contribution in [0.2, 0.25) is 0 Å². The van der Waals surface area contributed by atoms with Crippen molar-refractivity contribution in [3.8, 4) is 0 Å². The van der Waals surface area contributed by atoms with E-state index in [2.05, 4.69) is 16.9 Å². The molecule has 2 rings (SSSR count). The molecule has 0 unspecified atom stereocenters. The average Bonchev–Trinajstić information content (AvgIpc) is 2.77. The van der Waals surface area contributed by atoms with Gasteiger partial charge in [-0.25, -0.2) is 0 Å². The second-order valence-corrected chi connectivity index (χ2v) is 10.6. The van der Waals surface area contributed by atoms with Crippen LogP contribution in [0.1, 0.15) is 10.4 Å². The van der Waals surface area contributed by atoms with E-state index in [1.54, 1.807) is 24.4 Å². The molecule has 0 aliphatic rings. The molecule has 6 nitrogen and oxygen atoms in total. The minimum atomic E-state index is -0.299. The molecule has 32 heavy (non-hydrogen) atoms. The van der Waals surface area contributed by atoms with E-state index in [1.807, 2.05) is 44.1 Å². The summed E-state index contributed by atoms with van der Waals surface area (Å²) >= 11 is 13.7. The molecule has 1 aromatic carbocycles. The fraction of sp³-hybridized carbons (Fsp3) is 0.318. The lowest BCUT2D eigenvalue weighted by Crippen LogP contribution is -2.25. The van der Waals surface area contributed by atoms with Crippen LogP contribution in [-0.4, -0.2) is 74.8 Å². The Bertz CT molecular complexity index is 1020. The van der Waals surface area contributed by atoms with Gasteiger partial charge in [-0.2, -0.15) is 0 Å². The highest BCUT2D eigenvalue weighted by atomic mass is 32.2. The molecule has 0 spiro atoms. The summed E-state index contributed by atoms with van der Waals surface area (Å²) in [6, 6.07) is 7.17. The monoisotopic (exact) mass is 506 g/mol. The van der Waals surface area contributed by atoms with Gasteiger partial charge in [0.1, 0.15) is 8.64 Å². The van der Waals surface area contributed by atoms with Gasteiger partial charge in [0.25, 0.3) is 0 Å². The van der Waals surface area contributed by atoms with Crippen LogP contribution in [0.5, 0.6) is 0 Å². The second kappa shape index (κ2) is 12.3. The van der Waals surface area contributed by atoms with E-state index >= 15 is 0 Å². The van der Waals surface area contributed by atoms with Crippen molar-refractivity contribution in [2.24, 2.45) is 5.92 Å². The minimum absolute atomic E-state index is 0.0111. The van der Waals surface area contributed by atoms with Gasteiger partial charge in [0.2, 0.25) is 5.91 Å². The smallest absolute Gasteiger partial charge is 0.247 e. The molecule has 0 atom stereocenters. The Labute approximate surface area is 208 Å². The first-order chi connectivity index (χ1) is 15.1. The average molecular weight is 507 g/mol. The fourth-order valence-electron chi connectivity index (χ4n) is 2.57. The molecule has 0 aliphatic carbocycles. The van der Waals surface area contributed by atoms with Crippen molar-refractivity contribution in [3.63, 3.8) is 0 Å². The summed E-state index contributed by atoms with van der Waals surface area (Å²) in [5, 5.41) is 3.50. The van der Waals surface area contributed by atoms with Gasteiger partial charge >= 0.3 is 0 Å². The van der Waals surface area contributed by atoms with Crippen molar-refractivity contribution < 1.29 is 9.59 Å². The number of fused-ring (bicyclic) bond motifs is 1. The summed E-state index contributed by atoms with van der Waals surface area (Å²) in [6.45, 7) is 3.46. The van der Waals surface area contributed by atoms with Crippen LogP contribution in [0, 0.1) is 5.92 Å². The van der Waals surface area contributed by atoms with Gasteiger partial charge in [-0.1, -0.05) is 54.5 Å². The van der Waals surface area contributed by atoms with E-state index < -0.39 is 0 Å². The highest BCUT2D eigenvalue weighted by molar-refractivity contribution is 8.23. The molecule has 0 saturated heterocycles. The molecule has 170 valence electrons. The summed E-state index contributed by atoms with van der Waals surface area (Å²) in [5.74, 6) is 0.498. The zero-order chi connectivity index (χ0) is 23.8. The van der Waals surface area contributed by atoms with Crippen molar-refractivity contribution >= 4 is 84.9 Å². The Kier molecular flexibility index (Phi) is 10.1. The Balaban J connectivity index is 2.28. The van der Waals surface area contributed by atoms with Crippen LogP contribution in [0.4, 0.5) is 5.69 Å². The third-order valence-corrected chi connectivity index (χ3v) is 8.14. The molecule has 2 aromatic rings. The molecule has 10 heteroatoms. The number of hydrogen-bond acceptors (Lipinski definition) is 7. The lowest BCUT2D eigenvalue weighted by Gasteiger charge is -2.20. The molecule has 0 bridgehead atoms. The van der Waals surface area contributed by atoms with Crippen LogP contribution >= 0.6 is 48.0 Å². The van der Waals surface area contributed by atoms with Crippen LogP contribution in [0.3, 0.4) is 0 Å². The molecule has 0 fully saturated rings. The van der Waals surface area contributed by atoms with Gasteiger partial charge in [-0.05, 0) is 30.3 Å². The Morgan fingerprint density at radius 2 is 1.69 bits per heavy atom. The molecular formula is C22H26N4O2S4. The number of carbonyl (C=O) groups excluding carboxylic acids is 2. The first kappa shape index (κ1) is 26.2. The standard InChI is InChI=1S/C22H26N4O2S4/c1-6-19(27)24-17-7-8-18-14(10-17)9-15(11-23-18)20(28)16(12-31-21(29)25(2)3)13-32-22(30)26(4)5/h6-11,16H,1,12-13H2,2-5H3,(H,24,27). The fourth-order valence-corrected chi connectivity index (χ4v) is 4.87. The number of benzene rings is 1. The van der Waals surface area contributed by atoms with Gasteiger partial charge in [0.15, 0.2) is 5.78 Å². The van der Waals surface area contributed by atoms with Gasteiger partial charge in [0, 0.05) is 68.4 Å². The highest BCUT2D eigenvalue weighted by Gasteiger charge is 2.23. The summed E-state index contributed by atoms with van der Waals surface area (Å²) < 4.78 is 1.45. The highest BCUT2D eigenvalue weighted by Crippen LogP contribution is 2.25. The number of carbonyl (C=O) groups is 2. The van der Waals surface area contributed by atoms with Gasteiger partial charge in [0.05, 0.1) is 5.52 Å². The summed E-state index contributed by atoms with van der Waals surface area (Å²) in [5.41, 5.74) is 1.87. The van der Waals surface area contributed by atoms with Crippen molar-refractivity contribution in [3.05, 3.63) is 48.7 Å². The maximum absolute atomic E-state index is 13.4. The first-order valence-electron chi connectivity index (χ1n) is 9.68. The Morgan fingerprint density at radius 3 is 2.22 bits per heavy atom. The number of Topliss-reactive ketones (excluding diaryl/α,β-unsaturated/α-hetero) is 1. The number of aromatic nitrogens is 1. The number of thiocarbonyl (C=S) groups is 2. The topological polar surface area (TPSA) is 65.5 Å². The number of hydrogen-bond donors (Lipinski definition) is 1.